The maximum absolute atomic E-state index is 11.8. The molecule has 2 heterocycles. The second-order valence-corrected chi connectivity index (χ2v) is 5.29. The molecule has 2 aliphatic heterocycles. The SMILES string of the molecule is NC(=O)N1c2ccccc2NCC1CC1CCCN1. The van der Waals surface area contributed by atoms with Crippen LogP contribution in [0.5, 0.6) is 0 Å². The number of primary amides is 1. The lowest BCUT2D eigenvalue weighted by Gasteiger charge is -2.37. The zero-order valence-electron chi connectivity index (χ0n) is 10.9. The van der Waals surface area contributed by atoms with E-state index in [-0.39, 0.29) is 12.1 Å². The number of fused-ring (bicyclic) bond motifs is 1. The molecular weight excluding hydrogens is 240 g/mol. The van der Waals surface area contributed by atoms with Gasteiger partial charge in [-0.15, -0.1) is 0 Å². The van der Waals surface area contributed by atoms with Crippen molar-refractivity contribution in [2.75, 3.05) is 23.3 Å². The predicted molar refractivity (Wildman–Crippen MR) is 76.4 cm³/mol. The van der Waals surface area contributed by atoms with Gasteiger partial charge < -0.3 is 16.4 Å². The predicted octanol–water partition coefficient (Wildman–Crippen LogP) is 1.51. The minimum Gasteiger partial charge on any atom is -0.381 e. The molecule has 0 radical (unpaired) electrons. The number of amides is 2. The Morgan fingerprint density at radius 1 is 1.42 bits per heavy atom. The molecule has 2 atom stereocenters. The van der Waals surface area contributed by atoms with Crippen LogP contribution in [0.2, 0.25) is 0 Å². The van der Waals surface area contributed by atoms with Gasteiger partial charge >= 0.3 is 6.03 Å². The zero-order valence-corrected chi connectivity index (χ0v) is 10.9. The van der Waals surface area contributed by atoms with Gasteiger partial charge in [0.05, 0.1) is 17.4 Å². The topological polar surface area (TPSA) is 70.4 Å². The van der Waals surface area contributed by atoms with Crippen molar-refractivity contribution in [2.45, 2.75) is 31.3 Å². The minimum absolute atomic E-state index is 0.128. The molecule has 1 fully saturated rings. The van der Waals surface area contributed by atoms with Crippen LogP contribution >= 0.6 is 0 Å². The Morgan fingerprint density at radius 3 is 3.00 bits per heavy atom. The highest BCUT2D eigenvalue weighted by Crippen LogP contribution is 2.32. The summed E-state index contributed by atoms with van der Waals surface area (Å²) >= 11 is 0. The summed E-state index contributed by atoms with van der Waals surface area (Å²) in [6.45, 7) is 1.84. The van der Waals surface area contributed by atoms with Crippen LogP contribution < -0.4 is 21.3 Å². The number of hydrogen-bond donors (Lipinski definition) is 3. The molecule has 4 N–H and O–H groups in total. The summed E-state index contributed by atoms with van der Waals surface area (Å²) in [5.74, 6) is 0. The highest BCUT2D eigenvalue weighted by molar-refractivity contribution is 5.96. The number of anilines is 2. The van der Waals surface area contributed by atoms with Crippen LogP contribution in [-0.2, 0) is 0 Å². The van der Waals surface area contributed by atoms with Crippen molar-refractivity contribution in [1.82, 2.24) is 5.32 Å². The molecule has 0 spiro atoms. The molecule has 1 saturated heterocycles. The fourth-order valence-electron chi connectivity index (χ4n) is 3.12. The number of carbonyl (C=O) groups excluding carboxylic acids is 1. The number of urea groups is 1. The first-order valence-electron chi connectivity index (χ1n) is 6.90. The molecule has 2 unspecified atom stereocenters. The van der Waals surface area contributed by atoms with Gasteiger partial charge in [0, 0.05) is 12.6 Å². The van der Waals surface area contributed by atoms with Gasteiger partial charge in [0.15, 0.2) is 0 Å². The third-order valence-electron chi connectivity index (χ3n) is 4.01. The first kappa shape index (κ1) is 12.3. The standard InChI is InChI=1S/C14H20N4O/c15-14(19)18-11(8-10-4-3-7-16-10)9-17-12-5-1-2-6-13(12)18/h1-2,5-6,10-11,16-17H,3-4,7-9H2,(H2,15,19). The van der Waals surface area contributed by atoms with Gasteiger partial charge in [-0.2, -0.15) is 0 Å². The average Bonchev–Trinajstić information content (AvgIpc) is 2.91. The second-order valence-electron chi connectivity index (χ2n) is 5.29. The molecule has 102 valence electrons. The number of nitrogens with one attached hydrogen (secondary N) is 2. The zero-order chi connectivity index (χ0) is 13.2. The van der Waals surface area contributed by atoms with Crippen LogP contribution in [-0.4, -0.2) is 31.2 Å². The van der Waals surface area contributed by atoms with E-state index in [0.29, 0.717) is 6.04 Å². The number of nitrogens with zero attached hydrogens (tertiary/aromatic N) is 1. The first-order valence-corrected chi connectivity index (χ1v) is 6.90. The van der Waals surface area contributed by atoms with Gasteiger partial charge in [-0.05, 0) is 37.9 Å². The third kappa shape index (κ3) is 2.38. The summed E-state index contributed by atoms with van der Waals surface area (Å²) in [5.41, 5.74) is 7.46. The Morgan fingerprint density at radius 2 is 2.26 bits per heavy atom. The molecule has 5 nitrogen and oxygen atoms in total. The molecule has 0 saturated carbocycles. The van der Waals surface area contributed by atoms with E-state index >= 15 is 0 Å². The van der Waals surface area contributed by atoms with Crippen molar-refractivity contribution >= 4 is 17.4 Å². The fourth-order valence-corrected chi connectivity index (χ4v) is 3.12. The number of carbonyl (C=O) groups is 1. The lowest BCUT2D eigenvalue weighted by atomic mass is 10.0. The summed E-state index contributed by atoms with van der Waals surface area (Å²) in [4.78, 5) is 13.5. The van der Waals surface area contributed by atoms with Crippen molar-refractivity contribution in [2.24, 2.45) is 5.73 Å². The lowest BCUT2D eigenvalue weighted by Crippen LogP contribution is -2.51. The average molecular weight is 260 g/mol. The van der Waals surface area contributed by atoms with Crippen LogP contribution in [0.15, 0.2) is 24.3 Å². The molecule has 0 bridgehead atoms. The molecule has 1 aromatic rings. The Kier molecular flexibility index (Phi) is 3.29. The monoisotopic (exact) mass is 260 g/mol. The van der Waals surface area contributed by atoms with E-state index in [1.165, 1.54) is 12.8 Å². The maximum Gasteiger partial charge on any atom is 0.319 e. The Bertz CT molecular complexity index is 470. The van der Waals surface area contributed by atoms with Gasteiger partial charge in [0.25, 0.3) is 0 Å². The van der Waals surface area contributed by atoms with Crippen LogP contribution in [0, 0.1) is 0 Å². The van der Waals surface area contributed by atoms with Crippen molar-refractivity contribution < 1.29 is 4.79 Å². The molecular formula is C14H20N4O. The van der Waals surface area contributed by atoms with E-state index < -0.39 is 0 Å². The summed E-state index contributed by atoms with van der Waals surface area (Å²) in [6.07, 6.45) is 3.35. The van der Waals surface area contributed by atoms with Crippen LogP contribution in [0.4, 0.5) is 16.2 Å². The van der Waals surface area contributed by atoms with E-state index in [4.69, 9.17) is 5.73 Å². The molecule has 5 heteroatoms. The van der Waals surface area contributed by atoms with Crippen molar-refractivity contribution in [3.05, 3.63) is 24.3 Å². The second kappa shape index (κ2) is 5.09. The van der Waals surface area contributed by atoms with Gasteiger partial charge in [-0.25, -0.2) is 4.79 Å². The van der Waals surface area contributed by atoms with Crippen molar-refractivity contribution in [1.29, 1.82) is 0 Å². The highest BCUT2D eigenvalue weighted by atomic mass is 16.2. The van der Waals surface area contributed by atoms with Gasteiger partial charge in [-0.1, -0.05) is 12.1 Å². The Hall–Kier alpha value is -1.75. The number of para-hydroxylation sites is 2. The van der Waals surface area contributed by atoms with Gasteiger partial charge in [0.2, 0.25) is 0 Å². The molecule has 3 rings (SSSR count). The Balaban J connectivity index is 1.83. The van der Waals surface area contributed by atoms with E-state index in [1.807, 2.05) is 24.3 Å². The van der Waals surface area contributed by atoms with E-state index in [0.717, 1.165) is 30.9 Å². The van der Waals surface area contributed by atoms with Crippen molar-refractivity contribution in [3.8, 4) is 0 Å². The molecule has 1 aromatic carbocycles. The first-order chi connectivity index (χ1) is 9.25. The van der Waals surface area contributed by atoms with Crippen LogP contribution in [0.3, 0.4) is 0 Å². The Labute approximate surface area is 113 Å². The third-order valence-corrected chi connectivity index (χ3v) is 4.01. The quantitative estimate of drug-likeness (QED) is 0.755. The normalized spacial score (nSPS) is 25.8. The molecule has 2 aliphatic rings. The summed E-state index contributed by atoms with van der Waals surface area (Å²) in [5, 5.41) is 6.88. The largest absolute Gasteiger partial charge is 0.381 e. The maximum atomic E-state index is 11.8. The van der Waals surface area contributed by atoms with E-state index in [1.54, 1.807) is 4.90 Å². The number of rotatable bonds is 2. The highest BCUT2D eigenvalue weighted by Gasteiger charge is 2.31. The molecule has 2 amide bonds. The summed E-state index contributed by atoms with van der Waals surface area (Å²) < 4.78 is 0. The number of hydrogen-bond acceptors (Lipinski definition) is 3. The van der Waals surface area contributed by atoms with Gasteiger partial charge in [-0.3, -0.25) is 4.90 Å². The lowest BCUT2D eigenvalue weighted by molar-refractivity contribution is 0.250. The summed E-state index contributed by atoms with van der Waals surface area (Å²) in [6, 6.07) is 8.09. The van der Waals surface area contributed by atoms with E-state index in [9.17, 15) is 4.79 Å². The van der Waals surface area contributed by atoms with E-state index in [2.05, 4.69) is 10.6 Å². The molecule has 19 heavy (non-hydrogen) atoms. The minimum atomic E-state index is -0.364. The smallest absolute Gasteiger partial charge is 0.319 e. The number of nitrogens with two attached hydrogens (primary N) is 1. The summed E-state index contributed by atoms with van der Waals surface area (Å²) in [7, 11) is 0. The molecule has 0 aliphatic carbocycles. The van der Waals surface area contributed by atoms with Crippen molar-refractivity contribution in [3.63, 3.8) is 0 Å². The number of benzene rings is 1. The van der Waals surface area contributed by atoms with Gasteiger partial charge in [0.1, 0.15) is 0 Å². The molecule has 0 aromatic heterocycles. The van der Waals surface area contributed by atoms with Crippen LogP contribution in [0.1, 0.15) is 19.3 Å². The fraction of sp³-hybridized carbons (Fsp3) is 0.500. The van der Waals surface area contributed by atoms with Crippen LogP contribution in [0.25, 0.3) is 0 Å².